The zero-order valence-corrected chi connectivity index (χ0v) is 17.8. The summed E-state index contributed by atoms with van der Waals surface area (Å²) in [5, 5.41) is 4.84. The van der Waals surface area contributed by atoms with Gasteiger partial charge in [0.15, 0.2) is 0 Å². The molecule has 0 aromatic heterocycles. The highest BCUT2D eigenvalue weighted by Gasteiger charge is 2.63. The van der Waals surface area contributed by atoms with Crippen molar-refractivity contribution < 1.29 is 9.59 Å². The van der Waals surface area contributed by atoms with E-state index >= 15 is 0 Å². The molecule has 3 aliphatic heterocycles. The summed E-state index contributed by atoms with van der Waals surface area (Å²) in [5.74, 6) is -0.981. The number of rotatable bonds is 2. The van der Waals surface area contributed by atoms with E-state index in [1.807, 2.05) is 24.3 Å². The number of carbonyl (C=O) groups excluding carboxylic acids is 2. The van der Waals surface area contributed by atoms with Crippen LogP contribution in [0.2, 0.25) is 10.0 Å². The van der Waals surface area contributed by atoms with Crippen molar-refractivity contribution in [2.45, 2.75) is 18.5 Å². The third kappa shape index (κ3) is 2.59. The molecule has 3 saturated heterocycles. The van der Waals surface area contributed by atoms with E-state index in [0.717, 1.165) is 29.5 Å². The van der Waals surface area contributed by atoms with Gasteiger partial charge in [-0.15, -0.1) is 0 Å². The minimum atomic E-state index is -0.518. The summed E-state index contributed by atoms with van der Waals surface area (Å²) < 4.78 is 0.974. The highest BCUT2D eigenvalue weighted by atomic mass is 79.9. The fourth-order valence-corrected chi connectivity index (χ4v) is 5.53. The lowest BCUT2D eigenvalue weighted by Gasteiger charge is -2.30. The van der Waals surface area contributed by atoms with Gasteiger partial charge in [-0.1, -0.05) is 57.3 Å². The molecule has 3 heterocycles. The van der Waals surface area contributed by atoms with Crippen molar-refractivity contribution in [2.75, 3.05) is 18.0 Å². The Kier molecular flexibility index (Phi) is 4.52. The number of para-hydroxylation sites is 1. The Hall–Kier alpha value is -1.44. The van der Waals surface area contributed by atoms with Gasteiger partial charge in [0.05, 0.1) is 27.7 Å². The Morgan fingerprint density at radius 1 is 0.857 bits per heavy atom. The van der Waals surface area contributed by atoms with E-state index in [9.17, 15) is 9.59 Å². The van der Waals surface area contributed by atoms with Gasteiger partial charge in [-0.3, -0.25) is 9.59 Å². The predicted molar refractivity (Wildman–Crippen MR) is 111 cm³/mol. The molecular formula is C20H16BrCl2N3O2. The Morgan fingerprint density at radius 2 is 1.46 bits per heavy atom. The third-order valence-corrected chi connectivity index (χ3v) is 6.92. The summed E-state index contributed by atoms with van der Waals surface area (Å²) in [4.78, 5) is 28.1. The van der Waals surface area contributed by atoms with E-state index in [-0.39, 0.29) is 23.5 Å². The average molecular weight is 481 g/mol. The van der Waals surface area contributed by atoms with Crippen molar-refractivity contribution in [3.63, 3.8) is 0 Å². The van der Waals surface area contributed by atoms with E-state index in [1.165, 1.54) is 4.90 Å². The van der Waals surface area contributed by atoms with Gasteiger partial charge >= 0.3 is 0 Å². The van der Waals surface area contributed by atoms with Crippen molar-refractivity contribution >= 4 is 56.6 Å². The van der Waals surface area contributed by atoms with Crippen LogP contribution in [0.4, 0.5) is 5.69 Å². The smallest absolute Gasteiger partial charge is 0.253 e. The molecule has 144 valence electrons. The van der Waals surface area contributed by atoms with Crippen molar-refractivity contribution in [3.05, 3.63) is 62.5 Å². The number of amides is 2. The second-order valence-corrected chi connectivity index (χ2v) is 8.96. The molecule has 0 spiro atoms. The van der Waals surface area contributed by atoms with Gasteiger partial charge in [0, 0.05) is 17.6 Å². The van der Waals surface area contributed by atoms with Gasteiger partial charge in [-0.2, -0.15) is 0 Å². The molecule has 0 unspecified atom stereocenters. The molecule has 28 heavy (non-hydrogen) atoms. The summed E-state index contributed by atoms with van der Waals surface area (Å²) in [7, 11) is 0. The maximum Gasteiger partial charge on any atom is 0.253 e. The highest BCUT2D eigenvalue weighted by Crippen LogP contribution is 2.50. The third-order valence-electron chi connectivity index (χ3n) is 5.78. The highest BCUT2D eigenvalue weighted by molar-refractivity contribution is 9.10. The molecule has 5 nitrogen and oxygen atoms in total. The number of carbonyl (C=O) groups is 2. The molecule has 8 heteroatoms. The van der Waals surface area contributed by atoms with E-state index in [2.05, 4.69) is 25.9 Å². The van der Waals surface area contributed by atoms with Gasteiger partial charge in [-0.25, -0.2) is 14.9 Å². The van der Waals surface area contributed by atoms with E-state index in [0.29, 0.717) is 10.0 Å². The summed E-state index contributed by atoms with van der Waals surface area (Å²) in [6.45, 7) is 1.60. The Balaban J connectivity index is 1.62. The SMILES string of the molecule is O=C1[C@@H]2[C@@H](C(=O)N1c1c(Cl)cccc1Cl)N1CCCN1[C@H]2c1ccc(Br)cc1. The summed E-state index contributed by atoms with van der Waals surface area (Å²) in [6, 6.07) is 12.2. The number of benzene rings is 2. The molecule has 2 amide bonds. The quantitative estimate of drug-likeness (QED) is 0.601. The number of hydrazine groups is 1. The normalized spacial score (nSPS) is 27.5. The number of fused-ring (bicyclic) bond motifs is 3. The van der Waals surface area contributed by atoms with Crippen LogP contribution in [0.25, 0.3) is 0 Å². The Bertz CT molecular complexity index is 964. The molecule has 0 aliphatic carbocycles. The molecule has 0 radical (unpaired) electrons. The second-order valence-electron chi connectivity index (χ2n) is 7.23. The molecule has 0 N–H and O–H groups in total. The predicted octanol–water partition coefficient (Wildman–Crippen LogP) is 4.29. The van der Waals surface area contributed by atoms with Gasteiger partial charge in [0.25, 0.3) is 5.91 Å². The Morgan fingerprint density at radius 3 is 2.11 bits per heavy atom. The lowest BCUT2D eigenvalue weighted by atomic mass is 9.90. The molecule has 5 rings (SSSR count). The van der Waals surface area contributed by atoms with Gasteiger partial charge in [0.2, 0.25) is 5.91 Å². The van der Waals surface area contributed by atoms with Crippen LogP contribution in [-0.4, -0.2) is 41.0 Å². The molecule has 3 fully saturated rings. The summed E-state index contributed by atoms with van der Waals surface area (Å²) >= 11 is 16.1. The zero-order valence-electron chi connectivity index (χ0n) is 14.7. The van der Waals surface area contributed by atoms with Crippen molar-refractivity contribution in [1.82, 2.24) is 10.0 Å². The fraction of sp³-hybridized carbons (Fsp3) is 0.300. The van der Waals surface area contributed by atoms with Gasteiger partial charge < -0.3 is 0 Å². The molecule has 0 bridgehead atoms. The number of imide groups is 1. The van der Waals surface area contributed by atoms with Crippen LogP contribution < -0.4 is 4.90 Å². The number of nitrogens with zero attached hydrogens (tertiary/aromatic N) is 3. The average Bonchev–Trinajstić information content (AvgIpc) is 3.30. The maximum atomic E-state index is 13.5. The minimum Gasteiger partial charge on any atom is -0.274 e. The summed E-state index contributed by atoms with van der Waals surface area (Å²) in [6.07, 6.45) is 0.963. The molecule has 0 saturated carbocycles. The lowest BCUT2D eigenvalue weighted by Crippen LogP contribution is -2.44. The van der Waals surface area contributed by atoms with Crippen molar-refractivity contribution in [1.29, 1.82) is 0 Å². The van der Waals surface area contributed by atoms with E-state index in [1.54, 1.807) is 18.2 Å². The monoisotopic (exact) mass is 479 g/mol. The van der Waals surface area contributed by atoms with Gasteiger partial charge in [0.1, 0.15) is 6.04 Å². The number of hydrogen-bond donors (Lipinski definition) is 0. The molecule has 3 aliphatic rings. The van der Waals surface area contributed by atoms with Gasteiger partial charge in [-0.05, 0) is 36.2 Å². The fourth-order valence-electron chi connectivity index (χ4n) is 4.70. The van der Waals surface area contributed by atoms with Crippen LogP contribution in [0.3, 0.4) is 0 Å². The summed E-state index contributed by atoms with van der Waals surface area (Å²) in [5.41, 5.74) is 1.31. The first-order chi connectivity index (χ1) is 13.5. The Labute approximate surface area is 180 Å². The van der Waals surface area contributed by atoms with E-state index in [4.69, 9.17) is 23.2 Å². The lowest BCUT2D eigenvalue weighted by molar-refractivity contribution is -0.126. The van der Waals surface area contributed by atoms with Crippen LogP contribution in [0.1, 0.15) is 18.0 Å². The number of anilines is 1. The zero-order chi connectivity index (χ0) is 19.6. The maximum absolute atomic E-state index is 13.5. The number of hydrogen-bond acceptors (Lipinski definition) is 4. The molecular weight excluding hydrogens is 465 g/mol. The van der Waals surface area contributed by atoms with E-state index < -0.39 is 12.0 Å². The van der Waals surface area contributed by atoms with Crippen LogP contribution in [0, 0.1) is 5.92 Å². The first-order valence-electron chi connectivity index (χ1n) is 9.09. The molecule has 3 atom stereocenters. The van der Waals surface area contributed by atoms with Crippen LogP contribution in [-0.2, 0) is 9.59 Å². The first-order valence-corrected chi connectivity index (χ1v) is 10.6. The second kappa shape index (κ2) is 6.82. The molecule has 2 aromatic rings. The number of halogens is 3. The van der Waals surface area contributed by atoms with Crippen LogP contribution in [0.15, 0.2) is 46.9 Å². The van der Waals surface area contributed by atoms with Crippen molar-refractivity contribution in [3.8, 4) is 0 Å². The largest absolute Gasteiger partial charge is 0.274 e. The molecule has 2 aromatic carbocycles. The first kappa shape index (κ1) is 18.6. The van der Waals surface area contributed by atoms with Crippen LogP contribution in [0.5, 0.6) is 0 Å². The minimum absolute atomic E-state index is 0.177. The topological polar surface area (TPSA) is 43.9 Å². The standard InChI is InChI=1S/C20H16BrCl2N3O2/c21-12-7-5-11(6-8-12)16-15-18(25-10-2-9-24(16)25)20(28)26(19(15)27)17-13(22)3-1-4-14(17)23/h1,3-8,15-16,18H,2,9-10H2/t15-,16-,18-/m0/s1. The van der Waals surface area contributed by atoms with Crippen molar-refractivity contribution in [2.24, 2.45) is 5.92 Å². The van der Waals surface area contributed by atoms with Crippen LogP contribution >= 0.6 is 39.1 Å².